The molecule has 2 heterocycles. The lowest BCUT2D eigenvalue weighted by molar-refractivity contribution is 0.0760. The fraction of sp³-hybridized carbons (Fsp3) is 0.455. The number of nitrogens with zero attached hydrogens (tertiary/aromatic N) is 3. The van der Waals surface area contributed by atoms with E-state index in [-0.39, 0.29) is 5.91 Å². The van der Waals surface area contributed by atoms with Crippen LogP contribution < -0.4 is 0 Å². The van der Waals surface area contributed by atoms with Crippen LogP contribution >= 0.6 is 0 Å². The molecule has 1 fully saturated rings. The van der Waals surface area contributed by atoms with Gasteiger partial charge in [-0.05, 0) is 74.0 Å². The second-order valence-electron chi connectivity index (χ2n) is 7.74. The molecule has 0 bridgehead atoms. The first-order valence-corrected chi connectivity index (χ1v) is 9.61. The number of aryl methyl sites for hydroxylation is 1. The molecule has 2 atom stereocenters. The fourth-order valence-electron chi connectivity index (χ4n) is 4.76. The van der Waals surface area contributed by atoms with E-state index in [0.29, 0.717) is 12.0 Å². The average Bonchev–Trinajstić information content (AvgIpc) is 3.28. The standard InChI is InChI=1S/C22H27N3O/c1-24-13-11-18(21(24)17-8-5-12-23-14-17)15-25(2)22(26)20-10-4-7-16-6-3-9-19(16)20/h4-5,7-8,10,12,14,18,21H,3,6,9,11,13,15H2,1-2H3/t18-,21-/m0/s1. The van der Waals surface area contributed by atoms with Gasteiger partial charge in [-0.1, -0.05) is 18.2 Å². The largest absolute Gasteiger partial charge is 0.341 e. The van der Waals surface area contributed by atoms with Crippen LogP contribution in [0.15, 0.2) is 42.7 Å². The zero-order chi connectivity index (χ0) is 18.1. The van der Waals surface area contributed by atoms with Crippen LogP contribution in [0.25, 0.3) is 0 Å². The van der Waals surface area contributed by atoms with Gasteiger partial charge in [-0.25, -0.2) is 0 Å². The lowest BCUT2D eigenvalue weighted by Crippen LogP contribution is -2.34. The molecule has 0 unspecified atom stereocenters. The number of rotatable bonds is 4. The number of hydrogen-bond acceptors (Lipinski definition) is 3. The van der Waals surface area contributed by atoms with E-state index in [1.807, 2.05) is 42.5 Å². The Hall–Kier alpha value is -2.20. The Morgan fingerprint density at radius 1 is 1.27 bits per heavy atom. The Balaban J connectivity index is 1.52. The highest BCUT2D eigenvalue weighted by molar-refractivity contribution is 5.96. The maximum Gasteiger partial charge on any atom is 0.253 e. The van der Waals surface area contributed by atoms with Crippen LogP contribution in [0, 0.1) is 5.92 Å². The molecule has 1 aromatic carbocycles. The Labute approximate surface area is 155 Å². The Bertz CT molecular complexity index is 789. The van der Waals surface area contributed by atoms with E-state index in [2.05, 4.69) is 29.1 Å². The third-order valence-electron chi connectivity index (χ3n) is 6.03. The fourth-order valence-corrected chi connectivity index (χ4v) is 4.76. The Kier molecular flexibility index (Phi) is 4.77. The van der Waals surface area contributed by atoms with Crippen molar-refractivity contribution in [3.05, 3.63) is 65.0 Å². The molecule has 1 amide bonds. The monoisotopic (exact) mass is 349 g/mol. The van der Waals surface area contributed by atoms with Crippen molar-refractivity contribution in [3.8, 4) is 0 Å². The zero-order valence-electron chi connectivity index (χ0n) is 15.7. The minimum Gasteiger partial charge on any atom is -0.341 e. The predicted octanol–water partition coefficient (Wildman–Crippen LogP) is 3.34. The lowest BCUT2D eigenvalue weighted by atomic mass is 9.94. The zero-order valence-corrected chi connectivity index (χ0v) is 15.7. The highest BCUT2D eigenvalue weighted by Gasteiger charge is 2.35. The first-order valence-electron chi connectivity index (χ1n) is 9.61. The number of carbonyl (C=O) groups is 1. The number of hydrogen-bond donors (Lipinski definition) is 0. The van der Waals surface area contributed by atoms with Crippen molar-refractivity contribution < 1.29 is 4.79 Å². The molecule has 4 heteroatoms. The minimum absolute atomic E-state index is 0.170. The summed E-state index contributed by atoms with van der Waals surface area (Å²) in [5, 5.41) is 0. The second-order valence-corrected chi connectivity index (χ2v) is 7.74. The molecule has 0 radical (unpaired) electrons. The molecule has 1 aliphatic heterocycles. The normalized spacial score (nSPS) is 22.4. The van der Waals surface area contributed by atoms with Crippen molar-refractivity contribution in [2.24, 2.45) is 5.92 Å². The molecule has 0 saturated carbocycles. The molecule has 4 nitrogen and oxygen atoms in total. The Morgan fingerprint density at radius 3 is 2.96 bits per heavy atom. The average molecular weight is 349 g/mol. The summed E-state index contributed by atoms with van der Waals surface area (Å²) in [5.74, 6) is 0.609. The molecule has 2 aromatic rings. The topological polar surface area (TPSA) is 36.4 Å². The third kappa shape index (κ3) is 3.14. The molecule has 0 spiro atoms. The summed E-state index contributed by atoms with van der Waals surface area (Å²) in [6, 6.07) is 10.7. The van der Waals surface area contributed by atoms with Crippen molar-refractivity contribution in [3.63, 3.8) is 0 Å². The molecule has 0 N–H and O–H groups in total. The molecule has 1 aliphatic carbocycles. The quantitative estimate of drug-likeness (QED) is 0.849. The molecule has 4 rings (SSSR count). The lowest BCUT2D eigenvalue weighted by Gasteiger charge is -2.29. The van der Waals surface area contributed by atoms with Crippen LogP contribution in [0.1, 0.15) is 45.9 Å². The molecular weight excluding hydrogens is 322 g/mol. The number of carbonyl (C=O) groups excluding carboxylic acids is 1. The number of amides is 1. The first kappa shape index (κ1) is 17.2. The third-order valence-corrected chi connectivity index (χ3v) is 6.03. The van der Waals surface area contributed by atoms with Gasteiger partial charge >= 0.3 is 0 Å². The van der Waals surface area contributed by atoms with Gasteiger partial charge in [-0.15, -0.1) is 0 Å². The molecule has 2 aliphatic rings. The van der Waals surface area contributed by atoms with Crippen LogP contribution in [-0.2, 0) is 12.8 Å². The van der Waals surface area contributed by atoms with E-state index in [1.54, 1.807) is 0 Å². The molecular formula is C22H27N3O. The maximum absolute atomic E-state index is 13.1. The summed E-state index contributed by atoms with van der Waals surface area (Å²) in [6.07, 6.45) is 8.21. The van der Waals surface area contributed by atoms with Gasteiger partial charge in [-0.3, -0.25) is 14.7 Å². The smallest absolute Gasteiger partial charge is 0.253 e. The first-order chi connectivity index (χ1) is 12.6. The van der Waals surface area contributed by atoms with Gasteiger partial charge in [0.2, 0.25) is 0 Å². The summed E-state index contributed by atoms with van der Waals surface area (Å²) in [7, 11) is 4.12. The van der Waals surface area contributed by atoms with Gasteiger partial charge in [0.05, 0.1) is 0 Å². The van der Waals surface area contributed by atoms with Gasteiger partial charge in [0.15, 0.2) is 0 Å². The predicted molar refractivity (Wildman–Crippen MR) is 103 cm³/mol. The van der Waals surface area contributed by atoms with E-state index in [9.17, 15) is 4.79 Å². The highest BCUT2D eigenvalue weighted by Crippen LogP contribution is 2.36. The Morgan fingerprint density at radius 2 is 2.15 bits per heavy atom. The maximum atomic E-state index is 13.1. The van der Waals surface area contributed by atoms with E-state index < -0.39 is 0 Å². The van der Waals surface area contributed by atoms with Crippen molar-refractivity contribution in [2.45, 2.75) is 31.7 Å². The summed E-state index contributed by atoms with van der Waals surface area (Å²) < 4.78 is 0. The van der Waals surface area contributed by atoms with Crippen LogP contribution in [0.4, 0.5) is 0 Å². The van der Waals surface area contributed by atoms with Crippen LogP contribution in [0.3, 0.4) is 0 Å². The molecule has 1 aromatic heterocycles. The van der Waals surface area contributed by atoms with Crippen LogP contribution in [0.5, 0.6) is 0 Å². The SMILES string of the molecule is CN(C[C@@H]1CCN(C)[C@H]1c1cccnc1)C(=O)c1cccc2c1CCC2. The number of pyridine rings is 1. The summed E-state index contributed by atoms with van der Waals surface area (Å²) in [4.78, 5) is 21.7. The van der Waals surface area contributed by atoms with E-state index in [0.717, 1.165) is 37.9 Å². The van der Waals surface area contributed by atoms with E-state index in [1.165, 1.54) is 23.1 Å². The van der Waals surface area contributed by atoms with Gasteiger partial charge in [-0.2, -0.15) is 0 Å². The number of aromatic nitrogens is 1. The van der Waals surface area contributed by atoms with Crippen molar-refractivity contribution in [1.82, 2.24) is 14.8 Å². The minimum atomic E-state index is 0.170. The van der Waals surface area contributed by atoms with E-state index in [4.69, 9.17) is 0 Å². The van der Waals surface area contributed by atoms with Gasteiger partial charge in [0.25, 0.3) is 5.91 Å². The summed E-state index contributed by atoms with van der Waals surface area (Å²) >= 11 is 0. The van der Waals surface area contributed by atoms with Gasteiger partial charge in [0, 0.05) is 37.6 Å². The van der Waals surface area contributed by atoms with Gasteiger partial charge < -0.3 is 4.90 Å². The second kappa shape index (κ2) is 7.20. The summed E-state index contributed by atoms with van der Waals surface area (Å²) in [6.45, 7) is 1.85. The molecule has 136 valence electrons. The van der Waals surface area contributed by atoms with Gasteiger partial charge in [0.1, 0.15) is 0 Å². The number of fused-ring (bicyclic) bond motifs is 1. The van der Waals surface area contributed by atoms with Crippen LogP contribution in [0.2, 0.25) is 0 Å². The molecule has 1 saturated heterocycles. The highest BCUT2D eigenvalue weighted by atomic mass is 16.2. The van der Waals surface area contributed by atoms with Crippen molar-refractivity contribution >= 4 is 5.91 Å². The number of benzene rings is 1. The number of likely N-dealkylation sites (tertiary alicyclic amines) is 1. The molecule has 26 heavy (non-hydrogen) atoms. The van der Waals surface area contributed by atoms with E-state index >= 15 is 0 Å². The summed E-state index contributed by atoms with van der Waals surface area (Å²) in [5.41, 5.74) is 4.79. The van der Waals surface area contributed by atoms with Crippen molar-refractivity contribution in [1.29, 1.82) is 0 Å². The van der Waals surface area contributed by atoms with Crippen LogP contribution in [-0.4, -0.2) is 47.9 Å². The van der Waals surface area contributed by atoms with Crippen molar-refractivity contribution in [2.75, 3.05) is 27.2 Å².